The van der Waals surface area contributed by atoms with E-state index in [1.165, 1.54) is 5.56 Å². The molecule has 0 atom stereocenters. The highest BCUT2D eigenvalue weighted by Gasteiger charge is 2.35. The van der Waals surface area contributed by atoms with Crippen molar-refractivity contribution in [3.8, 4) is 5.75 Å². The molecule has 1 aliphatic rings. The predicted octanol–water partition coefficient (Wildman–Crippen LogP) is 4.00. The number of hydrogen-bond donors (Lipinski definition) is 1. The predicted molar refractivity (Wildman–Crippen MR) is 103 cm³/mol. The first-order chi connectivity index (χ1) is 12.4. The zero-order valence-corrected chi connectivity index (χ0v) is 15.9. The maximum Gasteiger partial charge on any atom is 0.255 e. The first kappa shape index (κ1) is 18.7. The number of nitrogens with zero attached hydrogens (tertiary/aromatic N) is 1. The highest BCUT2D eigenvalue weighted by atomic mass is 35.5. The lowest BCUT2D eigenvalue weighted by Crippen LogP contribution is -2.49. The fourth-order valence-electron chi connectivity index (χ4n) is 3.10. The molecule has 0 aromatic heterocycles. The van der Waals surface area contributed by atoms with Gasteiger partial charge in [-0.25, -0.2) is 0 Å². The Bertz CT molecular complexity index is 798. The minimum absolute atomic E-state index is 0.0901. The van der Waals surface area contributed by atoms with Crippen LogP contribution in [0, 0.1) is 13.8 Å². The standard InChI is InChI=1S/C21H24ClNO3/c1-15-7-8-17(13-16(15)2)26-14-21(25)9-11-23(12-10-21)20(24)18-5-3-4-6-19(18)22/h3-8,13,25H,9-12,14H2,1-2H3. The van der Waals surface area contributed by atoms with Gasteiger partial charge in [0, 0.05) is 13.1 Å². The average Bonchev–Trinajstić information content (AvgIpc) is 2.63. The van der Waals surface area contributed by atoms with E-state index in [1.54, 1.807) is 29.2 Å². The van der Waals surface area contributed by atoms with Crippen molar-refractivity contribution in [2.45, 2.75) is 32.3 Å². The molecule has 0 bridgehead atoms. The van der Waals surface area contributed by atoms with Gasteiger partial charge in [-0.1, -0.05) is 29.8 Å². The van der Waals surface area contributed by atoms with Crippen LogP contribution in [0.25, 0.3) is 0 Å². The van der Waals surface area contributed by atoms with E-state index < -0.39 is 5.60 Å². The van der Waals surface area contributed by atoms with Gasteiger partial charge in [-0.15, -0.1) is 0 Å². The molecule has 1 N–H and O–H groups in total. The minimum Gasteiger partial charge on any atom is -0.491 e. The third kappa shape index (κ3) is 4.19. The third-order valence-corrected chi connectivity index (χ3v) is 5.40. The van der Waals surface area contributed by atoms with Crippen LogP contribution >= 0.6 is 11.6 Å². The van der Waals surface area contributed by atoms with Crippen molar-refractivity contribution < 1.29 is 14.6 Å². The van der Waals surface area contributed by atoms with E-state index in [0.29, 0.717) is 36.5 Å². The van der Waals surface area contributed by atoms with E-state index in [1.807, 2.05) is 25.1 Å². The van der Waals surface area contributed by atoms with E-state index in [0.717, 1.165) is 11.3 Å². The Balaban J connectivity index is 1.57. The summed E-state index contributed by atoms with van der Waals surface area (Å²) in [5, 5.41) is 11.2. The van der Waals surface area contributed by atoms with Crippen LogP contribution in [-0.4, -0.2) is 41.2 Å². The molecule has 1 saturated heterocycles. The van der Waals surface area contributed by atoms with E-state index in [2.05, 4.69) is 6.92 Å². The van der Waals surface area contributed by atoms with Crippen molar-refractivity contribution in [2.24, 2.45) is 0 Å². The van der Waals surface area contributed by atoms with Gasteiger partial charge in [-0.05, 0) is 62.1 Å². The Hall–Kier alpha value is -2.04. The van der Waals surface area contributed by atoms with Gasteiger partial charge in [0.1, 0.15) is 18.0 Å². The van der Waals surface area contributed by atoms with Crippen molar-refractivity contribution in [1.29, 1.82) is 0 Å². The summed E-state index contributed by atoms with van der Waals surface area (Å²) in [6, 6.07) is 13.0. The van der Waals surface area contributed by atoms with Gasteiger partial charge in [0.25, 0.3) is 5.91 Å². The SMILES string of the molecule is Cc1ccc(OCC2(O)CCN(C(=O)c3ccccc3Cl)CC2)cc1C. The summed E-state index contributed by atoms with van der Waals surface area (Å²) in [4.78, 5) is 14.4. The molecule has 1 amide bonds. The lowest BCUT2D eigenvalue weighted by molar-refractivity contribution is -0.0475. The summed E-state index contributed by atoms with van der Waals surface area (Å²) in [7, 11) is 0. The van der Waals surface area contributed by atoms with Crippen molar-refractivity contribution in [2.75, 3.05) is 19.7 Å². The van der Waals surface area contributed by atoms with Crippen molar-refractivity contribution in [3.63, 3.8) is 0 Å². The molecular formula is C21H24ClNO3. The molecule has 138 valence electrons. The van der Waals surface area contributed by atoms with Gasteiger partial charge >= 0.3 is 0 Å². The molecule has 0 aliphatic carbocycles. The molecule has 3 rings (SSSR count). The van der Waals surface area contributed by atoms with Crippen LogP contribution in [0.4, 0.5) is 0 Å². The first-order valence-corrected chi connectivity index (χ1v) is 9.22. The van der Waals surface area contributed by atoms with Crippen molar-refractivity contribution in [1.82, 2.24) is 4.90 Å². The molecule has 0 spiro atoms. The number of likely N-dealkylation sites (tertiary alicyclic amines) is 1. The summed E-state index contributed by atoms with van der Waals surface area (Å²) in [5.74, 6) is 0.670. The molecule has 0 unspecified atom stereocenters. The number of aryl methyl sites for hydroxylation is 2. The smallest absolute Gasteiger partial charge is 0.255 e. The zero-order valence-electron chi connectivity index (χ0n) is 15.2. The summed E-state index contributed by atoms with van der Waals surface area (Å²) >= 11 is 6.12. The molecule has 1 heterocycles. The fourth-order valence-corrected chi connectivity index (χ4v) is 3.31. The Morgan fingerprint density at radius 1 is 1.15 bits per heavy atom. The monoisotopic (exact) mass is 373 g/mol. The minimum atomic E-state index is -0.921. The second kappa shape index (κ2) is 7.68. The zero-order chi connectivity index (χ0) is 18.7. The first-order valence-electron chi connectivity index (χ1n) is 8.84. The molecule has 5 heteroatoms. The Morgan fingerprint density at radius 2 is 1.85 bits per heavy atom. The van der Waals surface area contributed by atoms with Gasteiger partial charge in [-0.3, -0.25) is 4.79 Å². The van der Waals surface area contributed by atoms with E-state index >= 15 is 0 Å². The second-order valence-electron chi connectivity index (χ2n) is 7.03. The fraction of sp³-hybridized carbons (Fsp3) is 0.381. The maximum atomic E-state index is 12.6. The van der Waals surface area contributed by atoms with Crippen LogP contribution in [0.3, 0.4) is 0 Å². The van der Waals surface area contributed by atoms with Crippen LogP contribution in [0.5, 0.6) is 5.75 Å². The van der Waals surface area contributed by atoms with Crippen LogP contribution < -0.4 is 4.74 Å². The Morgan fingerprint density at radius 3 is 2.50 bits per heavy atom. The molecule has 0 radical (unpaired) electrons. The second-order valence-corrected chi connectivity index (χ2v) is 7.44. The largest absolute Gasteiger partial charge is 0.491 e. The summed E-state index contributed by atoms with van der Waals surface area (Å²) in [6.07, 6.45) is 0.960. The van der Waals surface area contributed by atoms with Crippen LogP contribution in [-0.2, 0) is 0 Å². The molecule has 2 aromatic rings. The topological polar surface area (TPSA) is 49.8 Å². The number of rotatable bonds is 4. The third-order valence-electron chi connectivity index (χ3n) is 5.07. The number of hydrogen-bond acceptors (Lipinski definition) is 3. The number of amides is 1. The van der Waals surface area contributed by atoms with E-state index in [4.69, 9.17) is 16.3 Å². The maximum absolute atomic E-state index is 12.6. The molecule has 4 nitrogen and oxygen atoms in total. The number of piperidine rings is 1. The highest BCUT2D eigenvalue weighted by molar-refractivity contribution is 6.33. The lowest BCUT2D eigenvalue weighted by atomic mass is 9.92. The van der Waals surface area contributed by atoms with Crippen LogP contribution in [0.1, 0.15) is 34.3 Å². The van der Waals surface area contributed by atoms with Gasteiger partial charge in [0.15, 0.2) is 0 Å². The molecule has 1 aliphatic heterocycles. The van der Waals surface area contributed by atoms with Gasteiger partial charge in [0.2, 0.25) is 0 Å². The molecular weight excluding hydrogens is 350 g/mol. The van der Waals surface area contributed by atoms with Crippen molar-refractivity contribution >= 4 is 17.5 Å². The summed E-state index contributed by atoms with van der Waals surface area (Å²) in [6.45, 7) is 5.28. The average molecular weight is 374 g/mol. The summed E-state index contributed by atoms with van der Waals surface area (Å²) < 4.78 is 5.81. The quantitative estimate of drug-likeness (QED) is 0.881. The molecule has 26 heavy (non-hydrogen) atoms. The normalized spacial score (nSPS) is 16.4. The Labute approximate surface area is 159 Å². The number of carbonyl (C=O) groups is 1. The Kier molecular flexibility index (Phi) is 5.54. The van der Waals surface area contributed by atoms with Gasteiger partial charge in [0.05, 0.1) is 10.6 Å². The lowest BCUT2D eigenvalue weighted by Gasteiger charge is -2.38. The molecule has 1 fully saturated rings. The number of carbonyl (C=O) groups excluding carboxylic acids is 1. The van der Waals surface area contributed by atoms with Crippen LogP contribution in [0.15, 0.2) is 42.5 Å². The van der Waals surface area contributed by atoms with Gasteiger partial charge in [-0.2, -0.15) is 0 Å². The van der Waals surface area contributed by atoms with Gasteiger partial charge < -0.3 is 14.7 Å². The highest BCUT2D eigenvalue weighted by Crippen LogP contribution is 2.27. The van der Waals surface area contributed by atoms with E-state index in [-0.39, 0.29) is 12.5 Å². The number of benzene rings is 2. The summed E-state index contributed by atoms with van der Waals surface area (Å²) in [5.41, 5.74) is 1.96. The number of ether oxygens (including phenoxy) is 1. The van der Waals surface area contributed by atoms with Crippen LogP contribution in [0.2, 0.25) is 5.02 Å². The van der Waals surface area contributed by atoms with Crippen molar-refractivity contribution in [3.05, 3.63) is 64.2 Å². The number of halogens is 1. The molecule has 2 aromatic carbocycles. The van der Waals surface area contributed by atoms with E-state index in [9.17, 15) is 9.90 Å². The number of aliphatic hydroxyl groups is 1. The molecule has 0 saturated carbocycles.